The van der Waals surface area contributed by atoms with Gasteiger partial charge in [-0.15, -0.1) is 0 Å². The molecule has 0 spiro atoms. The van der Waals surface area contributed by atoms with Crippen LogP contribution >= 0.6 is 0 Å². The smallest absolute Gasteiger partial charge is 0.253 e. The Balaban J connectivity index is 1.75. The summed E-state index contributed by atoms with van der Waals surface area (Å²) in [7, 11) is 0. The minimum absolute atomic E-state index is 0.121. The summed E-state index contributed by atoms with van der Waals surface area (Å²) in [4.78, 5) is 41.0. The Morgan fingerprint density at radius 3 is 2.67 bits per heavy atom. The quantitative estimate of drug-likeness (QED) is 0.874. The number of rotatable bonds is 4. The summed E-state index contributed by atoms with van der Waals surface area (Å²) in [6.07, 6.45) is 3.72. The molecule has 2 aromatic rings. The first-order chi connectivity index (χ1) is 12.9. The number of hydrogen-bond donors (Lipinski definition) is 2. The van der Waals surface area contributed by atoms with Gasteiger partial charge in [-0.25, -0.2) is 0 Å². The number of pyridine rings is 1. The van der Waals surface area contributed by atoms with Crippen LogP contribution in [0.15, 0.2) is 41.3 Å². The Morgan fingerprint density at radius 1 is 1.22 bits per heavy atom. The number of fused-ring (bicyclic) bond motifs is 1. The molecule has 140 valence electrons. The Bertz CT molecular complexity index is 975. The number of amides is 2. The molecule has 3 rings (SSSR count). The van der Waals surface area contributed by atoms with Gasteiger partial charge in [0.2, 0.25) is 11.8 Å². The molecule has 2 amide bonds. The summed E-state index contributed by atoms with van der Waals surface area (Å²) in [5.74, 6) is -0.333. The van der Waals surface area contributed by atoms with Crippen LogP contribution in [0.5, 0.6) is 0 Å². The molecule has 0 bridgehead atoms. The summed E-state index contributed by atoms with van der Waals surface area (Å²) < 4.78 is 0. The van der Waals surface area contributed by atoms with Gasteiger partial charge in [0.05, 0.1) is 12.5 Å². The molecular formula is C21H23N3O3. The van der Waals surface area contributed by atoms with Gasteiger partial charge in [0.1, 0.15) is 0 Å². The van der Waals surface area contributed by atoms with Crippen LogP contribution in [-0.2, 0) is 16.1 Å². The zero-order valence-corrected chi connectivity index (χ0v) is 15.7. The molecule has 1 aromatic carbocycles. The molecule has 6 heteroatoms. The molecule has 0 radical (unpaired) electrons. The van der Waals surface area contributed by atoms with Gasteiger partial charge in [0, 0.05) is 30.9 Å². The van der Waals surface area contributed by atoms with E-state index >= 15 is 0 Å². The van der Waals surface area contributed by atoms with Gasteiger partial charge in [-0.3, -0.25) is 14.4 Å². The fraction of sp³-hybridized carbons (Fsp3) is 0.286. The van der Waals surface area contributed by atoms with Crippen molar-refractivity contribution >= 4 is 17.9 Å². The van der Waals surface area contributed by atoms with E-state index in [4.69, 9.17) is 0 Å². The normalized spacial score (nSPS) is 15.4. The number of H-pyrrole nitrogens is 1. The summed E-state index contributed by atoms with van der Waals surface area (Å²) in [5.41, 5.74) is 3.92. The van der Waals surface area contributed by atoms with E-state index in [-0.39, 0.29) is 36.4 Å². The zero-order chi connectivity index (χ0) is 19.6. The van der Waals surface area contributed by atoms with Crippen LogP contribution in [0.2, 0.25) is 0 Å². The highest BCUT2D eigenvalue weighted by Gasteiger charge is 2.28. The van der Waals surface area contributed by atoms with Gasteiger partial charge in [-0.05, 0) is 42.7 Å². The standard InChI is InChI=1S/C21H23N3O3/c1-13-10-14(2)23-21(27)18(13)12-22-20(26)11-19-17-7-5-4-6-16(17)8-9-24(19)15(3)25/h4-10,19H,11-12H2,1-3H3,(H,22,26)(H,23,27)/t19-/m0/s1. The number of benzene rings is 1. The fourth-order valence-electron chi connectivity index (χ4n) is 3.45. The molecule has 6 nitrogen and oxygen atoms in total. The molecule has 0 saturated carbocycles. The van der Waals surface area contributed by atoms with Crippen molar-refractivity contribution in [3.63, 3.8) is 0 Å². The van der Waals surface area contributed by atoms with Crippen LogP contribution in [0.25, 0.3) is 6.08 Å². The second-order valence-corrected chi connectivity index (χ2v) is 6.81. The first kappa shape index (κ1) is 18.6. The van der Waals surface area contributed by atoms with Gasteiger partial charge in [0.25, 0.3) is 5.56 Å². The number of nitrogens with zero attached hydrogens (tertiary/aromatic N) is 1. The maximum absolute atomic E-state index is 12.6. The lowest BCUT2D eigenvalue weighted by Gasteiger charge is -2.32. The molecule has 1 aliphatic rings. The summed E-state index contributed by atoms with van der Waals surface area (Å²) >= 11 is 0. The van der Waals surface area contributed by atoms with Crippen LogP contribution in [0, 0.1) is 13.8 Å². The molecule has 0 aliphatic carbocycles. The Morgan fingerprint density at radius 2 is 1.96 bits per heavy atom. The van der Waals surface area contributed by atoms with Crippen molar-refractivity contribution in [2.24, 2.45) is 0 Å². The van der Waals surface area contributed by atoms with E-state index in [1.165, 1.54) is 6.92 Å². The third kappa shape index (κ3) is 4.00. The number of carbonyl (C=O) groups is 2. The first-order valence-electron chi connectivity index (χ1n) is 8.89. The molecule has 0 fully saturated rings. The second kappa shape index (κ2) is 7.61. The van der Waals surface area contributed by atoms with Crippen molar-refractivity contribution in [1.82, 2.24) is 15.2 Å². The average Bonchev–Trinajstić information content (AvgIpc) is 2.60. The number of carbonyl (C=O) groups excluding carboxylic acids is 2. The lowest BCUT2D eigenvalue weighted by atomic mass is 9.93. The van der Waals surface area contributed by atoms with Gasteiger partial charge < -0.3 is 15.2 Å². The molecular weight excluding hydrogens is 342 g/mol. The highest BCUT2D eigenvalue weighted by Crippen LogP contribution is 2.32. The molecule has 0 saturated heterocycles. The van der Waals surface area contributed by atoms with Gasteiger partial charge >= 0.3 is 0 Å². The first-order valence-corrected chi connectivity index (χ1v) is 8.89. The Kier molecular flexibility index (Phi) is 5.26. The number of aromatic nitrogens is 1. The number of nitrogens with one attached hydrogen (secondary N) is 2. The number of aryl methyl sites for hydroxylation is 2. The number of hydrogen-bond acceptors (Lipinski definition) is 3. The van der Waals surface area contributed by atoms with Crippen molar-refractivity contribution < 1.29 is 9.59 Å². The van der Waals surface area contributed by atoms with Crippen LogP contribution in [0.3, 0.4) is 0 Å². The highest BCUT2D eigenvalue weighted by molar-refractivity contribution is 5.81. The molecule has 0 unspecified atom stereocenters. The van der Waals surface area contributed by atoms with Gasteiger partial charge in [-0.2, -0.15) is 0 Å². The maximum atomic E-state index is 12.6. The summed E-state index contributed by atoms with van der Waals surface area (Å²) in [6.45, 7) is 5.31. The van der Waals surface area contributed by atoms with E-state index in [1.54, 1.807) is 11.1 Å². The van der Waals surface area contributed by atoms with E-state index in [0.29, 0.717) is 5.56 Å². The third-order valence-corrected chi connectivity index (χ3v) is 4.80. The summed E-state index contributed by atoms with van der Waals surface area (Å²) in [5, 5.41) is 2.82. The minimum atomic E-state index is -0.360. The van der Waals surface area contributed by atoms with Crippen molar-refractivity contribution in [3.05, 3.63) is 74.8 Å². The molecule has 1 atom stereocenters. The van der Waals surface area contributed by atoms with Gasteiger partial charge in [0.15, 0.2) is 0 Å². The third-order valence-electron chi connectivity index (χ3n) is 4.80. The molecule has 1 aliphatic heterocycles. The highest BCUT2D eigenvalue weighted by atomic mass is 16.2. The van der Waals surface area contributed by atoms with E-state index in [9.17, 15) is 14.4 Å². The maximum Gasteiger partial charge on any atom is 0.253 e. The Hall–Kier alpha value is -3.15. The minimum Gasteiger partial charge on any atom is -0.352 e. The van der Waals surface area contributed by atoms with Crippen LogP contribution in [0.1, 0.15) is 47.3 Å². The average molecular weight is 365 g/mol. The van der Waals surface area contributed by atoms with Gasteiger partial charge in [-0.1, -0.05) is 24.3 Å². The molecule has 2 heterocycles. The van der Waals surface area contributed by atoms with Crippen molar-refractivity contribution in [3.8, 4) is 0 Å². The van der Waals surface area contributed by atoms with E-state index < -0.39 is 0 Å². The Labute approximate surface area is 157 Å². The molecule has 2 N–H and O–H groups in total. The SMILES string of the molecule is CC(=O)N1C=Cc2ccccc2[C@@H]1CC(=O)NCc1c(C)cc(C)[nH]c1=O. The lowest BCUT2D eigenvalue weighted by Crippen LogP contribution is -2.35. The predicted octanol–water partition coefficient (Wildman–Crippen LogP) is 2.57. The zero-order valence-electron chi connectivity index (χ0n) is 15.7. The molecule has 27 heavy (non-hydrogen) atoms. The van der Waals surface area contributed by atoms with E-state index in [2.05, 4.69) is 10.3 Å². The van der Waals surface area contributed by atoms with E-state index in [0.717, 1.165) is 22.4 Å². The van der Waals surface area contributed by atoms with Crippen LogP contribution in [-0.4, -0.2) is 21.7 Å². The molecule has 1 aromatic heterocycles. The topological polar surface area (TPSA) is 82.3 Å². The van der Waals surface area contributed by atoms with Crippen molar-refractivity contribution in [1.29, 1.82) is 0 Å². The summed E-state index contributed by atoms with van der Waals surface area (Å²) in [6, 6.07) is 9.24. The van der Waals surface area contributed by atoms with Crippen LogP contribution in [0.4, 0.5) is 0 Å². The van der Waals surface area contributed by atoms with E-state index in [1.807, 2.05) is 50.3 Å². The largest absolute Gasteiger partial charge is 0.352 e. The van der Waals surface area contributed by atoms with Crippen LogP contribution < -0.4 is 10.9 Å². The predicted molar refractivity (Wildman–Crippen MR) is 104 cm³/mol. The number of aromatic amines is 1. The monoisotopic (exact) mass is 365 g/mol. The van der Waals surface area contributed by atoms with Crippen molar-refractivity contribution in [2.45, 2.75) is 39.8 Å². The second-order valence-electron chi connectivity index (χ2n) is 6.81. The fourth-order valence-corrected chi connectivity index (χ4v) is 3.45. The van der Waals surface area contributed by atoms with Crippen molar-refractivity contribution in [2.75, 3.05) is 0 Å². The lowest BCUT2D eigenvalue weighted by molar-refractivity contribution is -0.130.